The summed E-state index contributed by atoms with van der Waals surface area (Å²) in [6.07, 6.45) is 0.657. The number of phosphoric ester groups is 1. The monoisotopic (exact) mass is 452 g/mol. The van der Waals surface area contributed by atoms with Gasteiger partial charge in [0.05, 0.1) is 6.61 Å². The first-order chi connectivity index (χ1) is 13.4. The lowest BCUT2D eigenvalue weighted by atomic mass is 9.84. The Hall–Kier alpha value is -1.06. The molecular formula is C18H29O9PS. The highest BCUT2D eigenvalue weighted by atomic mass is 32.2. The Morgan fingerprint density at radius 1 is 1.10 bits per heavy atom. The molecule has 11 heteroatoms. The van der Waals surface area contributed by atoms with Gasteiger partial charge in [-0.1, -0.05) is 25.6 Å². The lowest BCUT2D eigenvalue weighted by Gasteiger charge is -2.39. The number of hydrogen-bond acceptors (Lipinski definition) is 10. The predicted molar refractivity (Wildman–Crippen MR) is 106 cm³/mol. The molecule has 0 aromatic rings. The van der Waals surface area contributed by atoms with Crippen molar-refractivity contribution in [3.63, 3.8) is 0 Å². The van der Waals surface area contributed by atoms with Gasteiger partial charge in [-0.2, -0.15) is 0 Å². The van der Waals surface area contributed by atoms with Crippen molar-refractivity contribution in [2.24, 2.45) is 5.41 Å². The van der Waals surface area contributed by atoms with E-state index in [1.165, 1.54) is 25.6 Å². The summed E-state index contributed by atoms with van der Waals surface area (Å²) in [6, 6.07) is 0. The van der Waals surface area contributed by atoms with Crippen LogP contribution in [0.1, 0.15) is 59.8 Å². The van der Waals surface area contributed by atoms with Gasteiger partial charge in [-0.25, -0.2) is 9.09 Å². The number of carbonyl (C=O) groups is 4. The molecule has 29 heavy (non-hydrogen) atoms. The van der Waals surface area contributed by atoms with Gasteiger partial charge in [0, 0.05) is 44.3 Å². The fourth-order valence-corrected chi connectivity index (χ4v) is 4.67. The molecule has 0 radical (unpaired) electrons. The van der Waals surface area contributed by atoms with E-state index in [9.17, 15) is 23.7 Å². The zero-order chi connectivity index (χ0) is 22.1. The molecule has 0 amide bonds. The van der Waals surface area contributed by atoms with Gasteiger partial charge >= 0.3 is 13.8 Å². The Morgan fingerprint density at radius 3 is 2.38 bits per heavy atom. The molecule has 0 saturated carbocycles. The van der Waals surface area contributed by atoms with Crippen LogP contribution < -0.4 is 0 Å². The molecular weight excluding hydrogens is 423 g/mol. The number of phosphoric acid groups is 1. The van der Waals surface area contributed by atoms with Crippen molar-refractivity contribution < 1.29 is 42.1 Å². The molecule has 1 aliphatic rings. The Kier molecular flexibility index (Phi) is 10.7. The van der Waals surface area contributed by atoms with E-state index in [0.29, 0.717) is 25.0 Å². The highest BCUT2D eigenvalue weighted by Crippen LogP contribution is 2.57. The number of thioether (sulfide) groups is 1. The molecule has 166 valence electrons. The highest BCUT2D eigenvalue weighted by Gasteiger charge is 2.48. The molecule has 1 heterocycles. The zero-order valence-electron chi connectivity index (χ0n) is 17.3. The Bertz CT molecular complexity index is 662. The van der Waals surface area contributed by atoms with Crippen LogP contribution in [0.15, 0.2) is 0 Å². The molecule has 0 aromatic carbocycles. The van der Waals surface area contributed by atoms with Gasteiger partial charge in [-0.15, -0.1) is 0 Å². The molecule has 0 spiro atoms. The Labute approximate surface area is 175 Å². The zero-order valence-corrected chi connectivity index (χ0v) is 19.0. The lowest BCUT2D eigenvalue weighted by Crippen LogP contribution is -2.44. The summed E-state index contributed by atoms with van der Waals surface area (Å²) in [6.45, 7) is 5.49. The van der Waals surface area contributed by atoms with Crippen LogP contribution in [-0.4, -0.2) is 47.9 Å². The molecule has 2 atom stereocenters. The van der Waals surface area contributed by atoms with E-state index in [1.807, 2.05) is 0 Å². The number of hydrogen-bond donors (Lipinski definition) is 0. The van der Waals surface area contributed by atoms with Gasteiger partial charge in [0.15, 0.2) is 10.9 Å². The van der Waals surface area contributed by atoms with Crippen LogP contribution in [0.4, 0.5) is 0 Å². The molecule has 0 N–H and O–H groups in total. The Balaban J connectivity index is 2.46. The summed E-state index contributed by atoms with van der Waals surface area (Å²) in [4.78, 5) is 46.1. The minimum atomic E-state index is -4.03. The van der Waals surface area contributed by atoms with E-state index < -0.39 is 32.1 Å². The second-order valence-corrected chi connectivity index (χ2v) is 10.3. The number of rotatable bonds is 12. The van der Waals surface area contributed by atoms with Gasteiger partial charge in [0.25, 0.3) is 0 Å². The second kappa shape index (κ2) is 12.0. The fourth-order valence-electron chi connectivity index (χ4n) is 2.56. The van der Waals surface area contributed by atoms with Crippen LogP contribution >= 0.6 is 19.6 Å². The highest BCUT2D eigenvalue weighted by molar-refractivity contribution is 8.13. The summed E-state index contributed by atoms with van der Waals surface area (Å²) < 4.78 is 32.5. The summed E-state index contributed by atoms with van der Waals surface area (Å²) >= 11 is 1.19. The maximum absolute atomic E-state index is 12.6. The van der Waals surface area contributed by atoms with Crippen molar-refractivity contribution >= 4 is 42.2 Å². The first-order valence-corrected chi connectivity index (χ1v) is 11.8. The standard InChI is InChI=1S/C18H29O9PS/c1-13(19)24-12-26-28(23)25-11-18(3,4)17(27-28)16(22)9-5-7-15(21)8-6-10-29-14(2)20/h17H,5-12H2,1-4H3/t17-,28?/m0/s1. The van der Waals surface area contributed by atoms with Gasteiger partial charge in [-0.3, -0.25) is 28.2 Å². The smallest absolute Gasteiger partial charge is 0.438 e. The molecule has 9 nitrogen and oxygen atoms in total. The van der Waals surface area contributed by atoms with E-state index in [2.05, 4.69) is 4.74 Å². The SMILES string of the molecule is CC(=O)OCOP1(=O)OCC(C)(C)[C@H](C(=O)CCCC(=O)CCCSC(C)=O)O1. The van der Waals surface area contributed by atoms with Crippen LogP contribution in [-0.2, 0) is 42.1 Å². The molecule has 1 unspecified atom stereocenters. The van der Waals surface area contributed by atoms with Crippen LogP contribution in [0.25, 0.3) is 0 Å². The third-order valence-corrected chi connectivity index (χ3v) is 6.32. The third-order valence-electron chi connectivity index (χ3n) is 4.09. The largest absolute Gasteiger partial charge is 0.478 e. The summed E-state index contributed by atoms with van der Waals surface area (Å²) in [5.74, 6) is -0.280. The maximum Gasteiger partial charge on any atom is 0.478 e. The minimum Gasteiger partial charge on any atom is -0.438 e. The van der Waals surface area contributed by atoms with Crippen LogP contribution in [0.5, 0.6) is 0 Å². The number of Topliss-reactive ketones (excluding diaryl/α,β-unsaturated/α-hetero) is 2. The fraction of sp³-hybridized carbons (Fsp3) is 0.778. The molecule has 1 fully saturated rings. The van der Waals surface area contributed by atoms with E-state index in [-0.39, 0.29) is 36.1 Å². The van der Waals surface area contributed by atoms with Gasteiger partial charge in [-0.05, 0) is 12.8 Å². The van der Waals surface area contributed by atoms with Crippen LogP contribution in [0.3, 0.4) is 0 Å². The third kappa shape index (κ3) is 10.00. The topological polar surface area (TPSA) is 122 Å². The van der Waals surface area contributed by atoms with E-state index in [0.717, 1.165) is 0 Å². The van der Waals surface area contributed by atoms with E-state index in [1.54, 1.807) is 13.8 Å². The first-order valence-electron chi connectivity index (χ1n) is 9.34. The van der Waals surface area contributed by atoms with Gasteiger partial charge in [0.2, 0.25) is 6.79 Å². The van der Waals surface area contributed by atoms with Crippen LogP contribution in [0.2, 0.25) is 0 Å². The number of esters is 1. The number of carbonyl (C=O) groups excluding carboxylic acids is 4. The molecule has 1 aliphatic heterocycles. The van der Waals surface area contributed by atoms with E-state index >= 15 is 0 Å². The average molecular weight is 452 g/mol. The molecule has 0 aliphatic carbocycles. The first kappa shape index (κ1) is 26.0. The normalized spacial score (nSPS) is 23.4. The van der Waals surface area contributed by atoms with Crippen LogP contribution in [0, 0.1) is 5.41 Å². The van der Waals surface area contributed by atoms with Gasteiger partial charge < -0.3 is 4.74 Å². The van der Waals surface area contributed by atoms with Crippen molar-refractivity contribution in [1.29, 1.82) is 0 Å². The minimum absolute atomic E-state index is 0.0243. The maximum atomic E-state index is 12.6. The van der Waals surface area contributed by atoms with Gasteiger partial charge in [0.1, 0.15) is 11.9 Å². The van der Waals surface area contributed by atoms with Crippen molar-refractivity contribution in [2.75, 3.05) is 19.2 Å². The predicted octanol–water partition coefficient (Wildman–Crippen LogP) is 3.44. The number of ether oxygens (including phenoxy) is 1. The second-order valence-electron chi connectivity index (χ2n) is 7.38. The molecule has 0 bridgehead atoms. The quantitative estimate of drug-likeness (QED) is 0.188. The van der Waals surface area contributed by atoms with Crippen molar-refractivity contribution in [2.45, 2.75) is 65.9 Å². The van der Waals surface area contributed by atoms with Crippen molar-refractivity contribution in [3.8, 4) is 0 Å². The molecule has 1 rings (SSSR count). The molecule has 0 aromatic heterocycles. The number of ketones is 2. The Morgan fingerprint density at radius 2 is 1.76 bits per heavy atom. The lowest BCUT2D eigenvalue weighted by molar-refractivity contribution is -0.153. The molecule has 1 saturated heterocycles. The van der Waals surface area contributed by atoms with E-state index in [4.69, 9.17) is 13.6 Å². The van der Waals surface area contributed by atoms with Crippen molar-refractivity contribution in [1.82, 2.24) is 0 Å². The van der Waals surface area contributed by atoms with Crippen molar-refractivity contribution in [3.05, 3.63) is 0 Å². The average Bonchev–Trinajstić information content (AvgIpc) is 2.60. The summed E-state index contributed by atoms with van der Waals surface area (Å²) in [5.41, 5.74) is -0.732. The summed E-state index contributed by atoms with van der Waals surface area (Å²) in [5, 5.41) is 0.0243. The summed E-state index contributed by atoms with van der Waals surface area (Å²) in [7, 11) is -4.03.